The summed E-state index contributed by atoms with van der Waals surface area (Å²) in [5.41, 5.74) is 1.56. The van der Waals surface area contributed by atoms with Crippen molar-refractivity contribution in [3.63, 3.8) is 0 Å². The summed E-state index contributed by atoms with van der Waals surface area (Å²) in [6.07, 6.45) is 1.73. The molecule has 0 radical (unpaired) electrons. The van der Waals surface area contributed by atoms with E-state index in [0.29, 0.717) is 24.1 Å². The van der Waals surface area contributed by atoms with E-state index < -0.39 is 0 Å². The minimum atomic E-state index is -0.119. The minimum Gasteiger partial charge on any atom is -0.383 e. The molecule has 0 aliphatic rings. The van der Waals surface area contributed by atoms with E-state index in [1.54, 1.807) is 13.2 Å². The van der Waals surface area contributed by atoms with Crippen molar-refractivity contribution in [2.75, 3.05) is 13.7 Å². The minimum absolute atomic E-state index is 0.0494. The molecule has 0 bridgehead atoms. The van der Waals surface area contributed by atoms with Gasteiger partial charge in [-0.3, -0.25) is 14.2 Å². The summed E-state index contributed by atoms with van der Waals surface area (Å²) < 4.78 is 6.44. The summed E-state index contributed by atoms with van der Waals surface area (Å²) in [7, 11) is 1.59. The van der Waals surface area contributed by atoms with E-state index in [4.69, 9.17) is 4.74 Å². The molecule has 6 heteroatoms. The van der Waals surface area contributed by atoms with Crippen molar-refractivity contribution in [1.29, 1.82) is 0 Å². The molecule has 2 aromatic rings. The second-order valence-corrected chi connectivity index (χ2v) is 5.39. The molecular formula is C16H21N3O3. The lowest BCUT2D eigenvalue weighted by Crippen LogP contribution is -2.36. The molecule has 118 valence electrons. The Labute approximate surface area is 129 Å². The smallest absolute Gasteiger partial charge is 0.261 e. The Kier molecular flexibility index (Phi) is 5.27. The van der Waals surface area contributed by atoms with Gasteiger partial charge in [-0.15, -0.1) is 0 Å². The van der Waals surface area contributed by atoms with Crippen LogP contribution in [0.25, 0.3) is 10.9 Å². The SMILES string of the molecule is COCC(C)NC(=O)CCn1cnc2c(C)cccc2c1=O. The number of nitrogens with one attached hydrogen (secondary N) is 1. The Bertz CT molecular complexity index is 724. The standard InChI is InChI=1S/C16H21N3O3/c1-11-5-4-6-13-15(11)17-10-19(16(13)21)8-7-14(20)18-12(2)9-22-3/h4-6,10,12H,7-9H2,1-3H3,(H,18,20). The van der Waals surface area contributed by atoms with Gasteiger partial charge in [-0.2, -0.15) is 0 Å². The lowest BCUT2D eigenvalue weighted by Gasteiger charge is -2.13. The van der Waals surface area contributed by atoms with Crippen molar-refractivity contribution in [3.05, 3.63) is 40.4 Å². The van der Waals surface area contributed by atoms with Crippen LogP contribution in [0.3, 0.4) is 0 Å². The molecule has 0 saturated carbocycles. The van der Waals surface area contributed by atoms with Crippen molar-refractivity contribution in [2.45, 2.75) is 32.9 Å². The second-order valence-electron chi connectivity index (χ2n) is 5.39. The number of fused-ring (bicyclic) bond motifs is 1. The van der Waals surface area contributed by atoms with Gasteiger partial charge in [0.05, 0.1) is 23.8 Å². The number of hydrogen-bond acceptors (Lipinski definition) is 4. The van der Waals surface area contributed by atoms with Crippen LogP contribution in [0, 0.1) is 6.92 Å². The molecule has 22 heavy (non-hydrogen) atoms. The number of nitrogens with zero attached hydrogens (tertiary/aromatic N) is 2. The van der Waals surface area contributed by atoms with Crippen LogP contribution in [0.2, 0.25) is 0 Å². The van der Waals surface area contributed by atoms with Crippen molar-refractivity contribution >= 4 is 16.8 Å². The van der Waals surface area contributed by atoms with Gasteiger partial charge in [0.1, 0.15) is 0 Å². The number of aromatic nitrogens is 2. The Morgan fingerprint density at radius 2 is 2.23 bits per heavy atom. The molecule has 2 rings (SSSR count). The highest BCUT2D eigenvalue weighted by Gasteiger charge is 2.09. The average Bonchev–Trinajstić information content (AvgIpc) is 2.47. The number of carbonyl (C=O) groups is 1. The zero-order chi connectivity index (χ0) is 16.1. The van der Waals surface area contributed by atoms with Gasteiger partial charge in [-0.05, 0) is 25.5 Å². The largest absolute Gasteiger partial charge is 0.383 e. The molecule has 6 nitrogen and oxygen atoms in total. The van der Waals surface area contributed by atoms with Gasteiger partial charge in [0.2, 0.25) is 5.91 Å². The van der Waals surface area contributed by atoms with Gasteiger partial charge in [0.25, 0.3) is 5.56 Å². The molecule has 0 saturated heterocycles. The van der Waals surface area contributed by atoms with E-state index in [1.807, 2.05) is 26.0 Å². The maximum atomic E-state index is 12.4. The van der Waals surface area contributed by atoms with E-state index in [1.165, 1.54) is 10.9 Å². The van der Waals surface area contributed by atoms with Gasteiger partial charge < -0.3 is 10.1 Å². The van der Waals surface area contributed by atoms with E-state index in [2.05, 4.69) is 10.3 Å². The normalized spacial score (nSPS) is 12.3. The molecule has 1 aromatic heterocycles. The summed E-state index contributed by atoms with van der Waals surface area (Å²) in [5, 5.41) is 3.40. The van der Waals surface area contributed by atoms with Crippen LogP contribution in [-0.4, -0.2) is 35.2 Å². The van der Waals surface area contributed by atoms with Crippen LogP contribution in [0.5, 0.6) is 0 Å². The van der Waals surface area contributed by atoms with Crippen LogP contribution >= 0.6 is 0 Å². The topological polar surface area (TPSA) is 73.2 Å². The Morgan fingerprint density at radius 1 is 1.45 bits per heavy atom. The van der Waals surface area contributed by atoms with Crippen molar-refractivity contribution in [1.82, 2.24) is 14.9 Å². The fourth-order valence-electron chi connectivity index (χ4n) is 2.36. The molecule has 0 aliphatic heterocycles. The maximum absolute atomic E-state index is 12.4. The van der Waals surface area contributed by atoms with Gasteiger partial charge >= 0.3 is 0 Å². The molecular weight excluding hydrogens is 282 g/mol. The van der Waals surface area contributed by atoms with E-state index in [-0.39, 0.29) is 23.9 Å². The van der Waals surface area contributed by atoms with Crippen molar-refractivity contribution in [3.8, 4) is 0 Å². The molecule has 1 heterocycles. The maximum Gasteiger partial charge on any atom is 0.261 e. The number of carbonyl (C=O) groups excluding carboxylic acids is 1. The van der Waals surface area contributed by atoms with Crippen molar-refractivity contribution in [2.24, 2.45) is 0 Å². The van der Waals surface area contributed by atoms with Crippen LogP contribution in [0.4, 0.5) is 0 Å². The number of rotatable bonds is 6. The van der Waals surface area contributed by atoms with Gasteiger partial charge in [0.15, 0.2) is 0 Å². The lowest BCUT2D eigenvalue weighted by molar-refractivity contribution is -0.122. The first-order valence-electron chi connectivity index (χ1n) is 7.26. The molecule has 1 amide bonds. The summed E-state index contributed by atoms with van der Waals surface area (Å²) in [6, 6.07) is 5.47. The second kappa shape index (κ2) is 7.17. The summed E-state index contributed by atoms with van der Waals surface area (Å²) >= 11 is 0. The van der Waals surface area contributed by atoms with Crippen LogP contribution in [0.1, 0.15) is 18.9 Å². The third-order valence-corrected chi connectivity index (χ3v) is 3.46. The first-order chi connectivity index (χ1) is 10.5. The summed E-state index contributed by atoms with van der Waals surface area (Å²) in [6.45, 7) is 4.56. The zero-order valence-corrected chi connectivity index (χ0v) is 13.1. The zero-order valence-electron chi connectivity index (χ0n) is 13.1. The fraction of sp³-hybridized carbons (Fsp3) is 0.438. The quantitative estimate of drug-likeness (QED) is 0.871. The Hall–Kier alpha value is -2.21. The fourth-order valence-corrected chi connectivity index (χ4v) is 2.36. The number of amides is 1. The van der Waals surface area contributed by atoms with Crippen molar-refractivity contribution < 1.29 is 9.53 Å². The van der Waals surface area contributed by atoms with Gasteiger partial charge in [-0.1, -0.05) is 12.1 Å². The summed E-state index contributed by atoms with van der Waals surface area (Å²) in [5.74, 6) is -0.110. The number of methoxy groups -OCH3 is 1. The van der Waals surface area contributed by atoms with Crippen LogP contribution in [0.15, 0.2) is 29.3 Å². The van der Waals surface area contributed by atoms with E-state index in [0.717, 1.165) is 5.56 Å². The number of hydrogen-bond donors (Lipinski definition) is 1. The summed E-state index contributed by atoms with van der Waals surface area (Å²) in [4.78, 5) is 28.5. The highest BCUT2D eigenvalue weighted by Crippen LogP contribution is 2.11. The van der Waals surface area contributed by atoms with Crippen LogP contribution in [-0.2, 0) is 16.1 Å². The molecule has 1 aromatic carbocycles. The molecule has 0 fully saturated rings. The number of benzene rings is 1. The molecule has 1 unspecified atom stereocenters. The molecule has 1 atom stereocenters. The van der Waals surface area contributed by atoms with E-state index in [9.17, 15) is 9.59 Å². The van der Waals surface area contributed by atoms with Gasteiger partial charge in [-0.25, -0.2) is 4.98 Å². The predicted octanol–water partition coefficient (Wildman–Crippen LogP) is 1.25. The van der Waals surface area contributed by atoms with Gasteiger partial charge in [0, 0.05) is 26.1 Å². The number of ether oxygens (including phenoxy) is 1. The highest BCUT2D eigenvalue weighted by atomic mass is 16.5. The Morgan fingerprint density at radius 3 is 2.95 bits per heavy atom. The predicted molar refractivity (Wildman–Crippen MR) is 84.8 cm³/mol. The number of aryl methyl sites for hydroxylation is 2. The number of para-hydroxylation sites is 1. The highest BCUT2D eigenvalue weighted by molar-refractivity contribution is 5.80. The third kappa shape index (κ3) is 3.71. The Balaban J connectivity index is 2.08. The average molecular weight is 303 g/mol. The monoisotopic (exact) mass is 303 g/mol. The molecule has 0 aliphatic carbocycles. The first-order valence-corrected chi connectivity index (χ1v) is 7.26. The first kappa shape index (κ1) is 16.2. The third-order valence-electron chi connectivity index (χ3n) is 3.46. The molecule has 1 N–H and O–H groups in total. The lowest BCUT2D eigenvalue weighted by atomic mass is 10.1. The van der Waals surface area contributed by atoms with Crippen LogP contribution < -0.4 is 10.9 Å². The molecule has 0 spiro atoms. The van der Waals surface area contributed by atoms with E-state index >= 15 is 0 Å².